The highest BCUT2D eigenvalue weighted by Gasteiger charge is 2.42. The lowest BCUT2D eigenvalue weighted by molar-refractivity contribution is -0.136. The van der Waals surface area contributed by atoms with Crippen LogP contribution in [0.4, 0.5) is 8.78 Å². The van der Waals surface area contributed by atoms with Gasteiger partial charge >= 0.3 is 11.9 Å². The van der Waals surface area contributed by atoms with Crippen molar-refractivity contribution in [1.29, 1.82) is 0 Å². The Hall–Kier alpha value is -2.70. The lowest BCUT2D eigenvalue weighted by Crippen LogP contribution is -2.30. The Kier molecular flexibility index (Phi) is 4.32. The molecule has 0 spiro atoms. The van der Waals surface area contributed by atoms with Gasteiger partial charge in [0.25, 0.3) is 0 Å². The van der Waals surface area contributed by atoms with Crippen molar-refractivity contribution in [2.24, 2.45) is 0 Å². The first-order chi connectivity index (χ1) is 11.9. The van der Waals surface area contributed by atoms with Crippen molar-refractivity contribution in [3.05, 3.63) is 57.4 Å². The number of hydrogen-bond acceptors (Lipinski definition) is 5. The summed E-state index contributed by atoms with van der Waals surface area (Å²) < 4.78 is 38.1. The highest BCUT2D eigenvalue weighted by molar-refractivity contribution is 6.01. The Morgan fingerprint density at radius 2 is 2.12 bits per heavy atom. The highest BCUT2D eigenvalue weighted by atomic mass is 19.1. The molecule has 2 aliphatic heterocycles. The van der Waals surface area contributed by atoms with Crippen LogP contribution in [0.5, 0.6) is 0 Å². The van der Waals surface area contributed by atoms with Gasteiger partial charge in [-0.15, -0.1) is 0 Å². The zero-order valence-corrected chi connectivity index (χ0v) is 14.0. The van der Waals surface area contributed by atoms with Crippen molar-refractivity contribution in [1.82, 2.24) is 5.32 Å². The Morgan fingerprint density at radius 3 is 2.76 bits per heavy atom. The van der Waals surface area contributed by atoms with Gasteiger partial charge in [-0.25, -0.2) is 18.4 Å². The largest absolute Gasteiger partial charge is 0.466 e. The lowest BCUT2D eigenvalue weighted by atomic mass is 9.78. The zero-order valence-electron chi connectivity index (χ0n) is 14.0. The van der Waals surface area contributed by atoms with Crippen LogP contribution in [0.3, 0.4) is 0 Å². The normalized spacial score (nSPS) is 19.6. The van der Waals surface area contributed by atoms with Gasteiger partial charge in [0.2, 0.25) is 0 Å². The molecule has 1 aromatic rings. The number of dihydropyridines is 1. The lowest BCUT2D eigenvalue weighted by Gasteiger charge is -2.28. The number of allylic oxidation sites excluding steroid dienone is 1. The molecule has 3 rings (SSSR count). The van der Waals surface area contributed by atoms with E-state index in [0.29, 0.717) is 11.4 Å². The van der Waals surface area contributed by atoms with E-state index >= 15 is 0 Å². The summed E-state index contributed by atoms with van der Waals surface area (Å²) in [5.41, 5.74) is 1.75. The van der Waals surface area contributed by atoms with Crippen LogP contribution in [-0.4, -0.2) is 25.7 Å². The minimum atomic E-state index is -0.946. The molecule has 25 heavy (non-hydrogen) atoms. The first-order valence-corrected chi connectivity index (χ1v) is 7.83. The topological polar surface area (TPSA) is 64.6 Å². The van der Waals surface area contributed by atoms with Crippen molar-refractivity contribution < 1.29 is 27.8 Å². The molecule has 132 valence electrons. The first kappa shape index (κ1) is 17.1. The van der Waals surface area contributed by atoms with Gasteiger partial charge in [-0.1, -0.05) is 6.92 Å². The average Bonchev–Trinajstić information content (AvgIpc) is 2.93. The first-order valence-electron chi connectivity index (χ1n) is 7.83. The fourth-order valence-electron chi connectivity index (χ4n) is 3.41. The molecule has 0 radical (unpaired) electrons. The summed E-state index contributed by atoms with van der Waals surface area (Å²) in [6.07, 6.45) is 0.274. The van der Waals surface area contributed by atoms with Gasteiger partial charge in [-0.05, 0) is 30.5 Å². The highest BCUT2D eigenvalue weighted by Crippen LogP contribution is 2.43. The number of nitrogens with one attached hydrogen (secondary N) is 1. The molecule has 1 unspecified atom stereocenters. The van der Waals surface area contributed by atoms with Crippen LogP contribution in [-0.2, 0) is 25.5 Å². The minimum Gasteiger partial charge on any atom is -0.466 e. The third-order valence-electron chi connectivity index (χ3n) is 4.48. The number of ether oxygens (including phenoxy) is 2. The number of halogens is 2. The van der Waals surface area contributed by atoms with E-state index in [-0.39, 0.29) is 35.3 Å². The SMILES string of the molecule is CCc1c(F)cc(F)cc1C1C(C(=O)OC)=C(C)NC2=C1C(=O)OC2. The van der Waals surface area contributed by atoms with Crippen LogP contribution >= 0.6 is 0 Å². The second-order valence-corrected chi connectivity index (χ2v) is 5.87. The van der Waals surface area contributed by atoms with E-state index in [0.717, 1.165) is 12.1 Å². The molecule has 0 bridgehead atoms. The van der Waals surface area contributed by atoms with Crippen molar-refractivity contribution >= 4 is 11.9 Å². The molecule has 2 aliphatic rings. The van der Waals surface area contributed by atoms with Crippen LogP contribution in [0, 0.1) is 11.6 Å². The summed E-state index contributed by atoms with van der Waals surface area (Å²) in [6, 6.07) is 1.95. The third-order valence-corrected chi connectivity index (χ3v) is 4.48. The van der Waals surface area contributed by atoms with Crippen molar-refractivity contribution in [3.63, 3.8) is 0 Å². The number of benzene rings is 1. The van der Waals surface area contributed by atoms with Gasteiger partial charge in [0, 0.05) is 11.8 Å². The van der Waals surface area contributed by atoms with Crippen LogP contribution < -0.4 is 5.32 Å². The van der Waals surface area contributed by atoms with Gasteiger partial charge in [-0.2, -0.15) is 0 Å². The number of rotatable bonds is 3. The Labute approximate surface area is 143 Å². The van der Waals surface area contributed by atoms with Crippen molar-refractivity contribution in [3.8, 4) is 0 Å². The minimum absolute atomic E-state index is 0.0235. The summed E-state index contributed by atoms with van der Waals surface area (Å²) in [5, 5.41) is 2.97. The van der Waals surface area contributed by atoms with Crippen LogP contribution in [0.25, 0.3) is 0 Å². The predicted molar refractivity (Wildman–Crippen MR) is 84.3 cm³/mol. The number of methoxy groups -OCH3 is 1. The van der Waals surface area contributed by atoms with Crippen LogP contribution in [0.2, 0.25) is 0 Å². The average molecular weight is 349 g/mol. The van der Waals surface area contributed by atoms with E-state index in [1.54, 1.807) is 13.8 Å². The summed E-state index contributed by atoms with van der Waals surface area (Å²) in [4.78, 5) is 24.6. The number of cyclic esters (lactones) is 1. The Morgan fingerprint density at radius 1 is 1.40 bits per heavy atom. The van der Waals surface area contributed by atoms with Gasteiger partial charge in [0.1, 0.15) is 18.2 Å². The molecule has 7 heteroatoms. The maximum absolute atomic E-state index is 14.3. The van der Waals surface area contributed by atoms with Crippen molar-refractivity contribution in [2.75, 3.05) is 13.7 Å². The number of carbonyl (C=O) groups is 2. The van der Waals surface area contributed by atoms with Crippen LogP contribution in [0.15, 0.2) is 34.7 Å². The molecule has 0 saturated carbocycles. The molecule has 5 nitrogen and oxygen atoms in total. The second-order valence-electron chi connectivity index (χ2n) is 5.87. The van der Waals surface area contributed by atoms with E-state index in [1.165, 1.54) is 7.11 Å². The van der Waals surface area contributed by atoms with Gasteiger partial charge in [0.05, 0.1) is 29.9 Å². The van der Waals surface area contributed by atoms with E-state index in [2.05, 4.69) is 5.32 Å². The quantitative estimate of drug-likeness (QED) is 0.850. The molecule has 0 aromatic heterocycles. The molecule has 0 aliphatic carbocycles. The van der Waals surface area contributed by atoms with E-state index in [4.69, 9.17) is 9.47 Å². The molecule has 0 saturated heterocycles. The van der Waals surface area contributed by atoms with E-state index in [9.17, 15) is 18.4 Å². The summed E-state index contributed by atoms with van der Waals surface area (Å²) in [5.74, 6) is -3.73. The number of carbonyl (C=O) groups excluding carboxylic acids is 2. The van der Waals surface area contributed by atoms with Crippen LogP contribution in [0.1, 0.15) is 30.9 Å². The van der Waals surface area contributed by atoms with Crippen molar-refractivity contribution in [2.45, 2.75) is 26.2 Å². The molecular weight excluding hydrogens is 332 g/mol. The summed E-state index contributed by atoms with van der Waals surface area (Å²) in [7, 11) is 1.21. The molecule has 1 N–H and O–H groups in total. The third kappa shape index (κ3) is 2.69. The Bertz CT molecular complexity index is 842. The number of hydrogen-bond donors (Lipinski definition) is 1. The monoisotopic (exact) mass is 349 g/mol. The van der Waals surface area contributed by atoms with E-state index < -0.39 is 29.5 Å². The fourth-order valence-corrected chi connectivity index (χ4v) is 3.41. The predicted octanol–water partition coefficient (Wildman–Crippen LogP) is 2.47. The molecule has 0 amide bonds. The molecule has 0 fully saturated rings. The smallest absolute Gasteiger partial charge is 0.337 e. The fraction of sp³-hybridized carbons (Fsp3) is 0.333. The van der Waals surface area contributed by atoms with E-state index in [1.807, 2.05) is 0 Å². The van der Waals surface area contributed by atoms with Gasteiger partial charge in [-0.3, -0.25) is 0 Å². The standard InChI is InChI=1S/C18H17F2NO4/c1-4-10-11(5-9(19)6-12(10)20)15-14(17(22)24-3)8(2)21-13-7-25-18(23)16(13)15/h5-6,15,21H,4,7H2,1-3H3. The molecule has 2 heterocycles. The molecular formula is C18H17F2NO4. The van der Waals surface area contributed by atoms with Gasteiger partial charge < -0.3 is 14.8 Å². The summed E-state index contributed by atoms with van der Waals surface area (Å²) in [6.45, 7) is 3.39. The second kappa shape index (κ2) is 6.31. The molecule has 1 aromatic carbocycles. The number of esters is 2. The summed E-state index contributed by atoms with van der Waals surface area (Å²) >= 11 is 0. The van der Waals surface area contributed by atoms with Gasteiger partial charge in [0.15, 0.2) is 0 Å². The zero-order chi connectivity index (χ0) is 18.3. The molecule has 1 atom stereocenters. The Balaban J connectivity index is 2.30. The maximum atomic E-state index is 14.3. The maximum Gasteiger partial charge on any atom is 0.337 e.